The van der Waals surface area contributed by atoms with Crippen LogP contribution in [0.1, 0.15) is 42.3 Å². The van der Waals surface area contributed by atoms with Crippen molar-refractivity contribution in [3.63, 3.8) is 0 Å². The van der Waals surface area contributed by atoms with E-state index in [0.29, 0.717) is 13.0 Å². The van der Waals surface area contributed by atoms with Crippen molar-refractivity contribution in [3.8, 4) is 0 Å². The van der Waals surface area contributed by atoms with Gasteiger partial charge in [-0.1, -0.05) is 31.5 Å². The minimum atomic E-state index is -3.61. The molecule has 1 aromatic carbocycles. The maximum Gasteiger partial charge on any atom is 0.244 e. The molecule has 0 aliphatic carbocycles. The summed E-state index contributed by atoms with van der Waals surface area (Å²) in [5.41, 5.74) is 7.28. The maximum absolute atomic E-state index is 14.1. The van der Waals surface area contributed by atoms with Crippen LogP contribution in [0.25, 0.3) is 0 Å². The Morgan fingerprint density at radius 2 is 2.03 bits per heavy atom. The molecule has 0 aliphatic rings. The molecule has 2 aromatic rings. The molecule has 0 aliphatic heterocycles. The first-order valence-corrected chi connectivity index (χ1v) is 11.2. The number of hydrogen-bond acceptors (Lipinski definition) is 3. The molecule has 0 unspecified atom stereocenters. The molecule has 0 amide bonds. The second kappa shape index (κ2) is 9.38. The highest BCUT2D eigenvalue weighted by molar-refractivity contribution is 7.89. The molecule has 2 rings (SSSR count). The summed E-state index contributed by atoms with van der Waals surface area (Å²) in [5, 5.41) is 4.71. The van der Waals surface area contributed by atoms with Crippen LogP contribution in [0.5, 0.6) is 0 Å². The van der Waals surface area contributed by atoms with Crippen LogP contribution in [-0.4, -0.2) is 43.1 Å². The number of allylic oxidation sites excluding steroid dienone is 1. The highest BCUT2D eigenvalue weighted by atomic mass is 35.5. The quantitative estimate of drug-likeness (QED) is 0.680. The summed E-state index contributed by atoms with van der Waals surface area (Å²) in [6.45, 7) is 6.44. The molecular formula is C20H29ClFN4O2S+. The average molecular weight is 444 g/mol. The van der Waals surface area contributed by atoms with Crippen LogP contribution in [0, 0.1) is 6.92 Å². The van der Waals surface area contributed by atoms with Crippen molar-refractivity contribution in [2.75, 3.05) is 20.6 Å². The number of hydrogen-bond donors (Lipinski definition) is 1. The predicted molar refractivity (Wildman–Crippen MR) is 113 cm³/mol. The first-order chi connectivity index (χ1) is 13.5. The Balaban J connectivity index is 2.43. The van der Waals surface area contributed by atoms with E-state index in [1.165, 1.54) is 26.2 Å². The van der Waals surface area contributed by atoms with Gasteiger partial charge in [0.25, 0.3) is 0 Å². The third-order valence-corrected chi connectivity index (χ3v) is 6.94. The van der Waals surface area contributed by atoms with Crippen molar-refractivity contribution in [1.29, 1.82) is 0 Å². The molecule has 1 aromatic heterocycles. The number of sulfonamides is 1. The topological polar surface area (TPSA) is 82.8 Å². The van der Waals surface area contributed by atoms with E-state index in [0.717, 1.165) is 26.8 Å². The van der Waals surface area contributed by atoms with Crippen molar-refractivity contribution in [2.45, 2.75) is 44.6 Å². The van der Waals surface area contributed by atoms with Gasteiger partial charge in [-0.05, 0) is 30.5 Å². The van der Waals surface area contributed by atoms with Gasteiger partial charge in [0, 0.05) is 37.8 Å². The van der Waals surface area contributed by atoms with Crippen LogP contribution in [-0.2, 0) is 23.0 Å². The van der Waals surface area contributed by atoms with Gasteiger partial charge in [0.15, 0.2) is 0 Å². The largest absolute Gasteiger partial charge is 0.354 e. The van der Waals surface area contributed by atoms with E-state index in [1.54, 1.807) is 16.8 Å². The predicted octanol–water partition coefficient (Wildman–Crippen LogP) is 2.90. The Hall–Kier alpha value is -1.74. The molecule has 0 bridgehead atoms. The van der Waals surface area contributed by atoms with E-state index >= 15 is 0 Å². The van der Waals surface area contributed by atoms with Crippen molar-refractivity contribution in [3.05, 3.63) is 57.6 Å². The molecule has 0 saturated heterocycles. The SMILES string of the molecule is Cc1nn(CC(F)=CC[NH3+])c(C(C)C)c1Cc1ccc(S(=O)(=O)N(C)C)c(Cl)c1. The molecule has 29 heavy (non-hydrogen) atoms. The lowest BCUT2D eigenvalue weighted by molar-refractivity contribution is -0.353. The minimum absolute atomic E-state index is 0.0739. The molecule has 0 spiro atoms. The number of aryl methyl sites for hydroxylation is 1. The highest BCUT2D eigenvalue weighted by Crippen LogP contribution is 2.29. The van der Waals surface area contributed by atoms with E-state index in [2.05, 4.69) is 10.8 Å². The summed E-state index contributed by atoms with van der Waals surface area (Å²) in [5.74, 6) is -0.125. The molecule has 0 fully saturated rings. The fourth-order valence-corrected chi connectivity index (χ4v) is 4.68. The van der Waals surface area contributed by atoms with Gasteiger partial charge in [-0.3, -0.25) is 4.68 Å². The van der Waals surface area contributed by atoms with E-state index in [9.17, 15) is 12.8 Å². The zero-order valence-corrected chi connectivity index (χ0v) is 19.1. The Morgan fingerprint density at radius 1 is 1.38 bits per heavy atom. The molecule has 160 valence electrons. The number of rotatable bonds is 8. The maximum atomic E-state index is 14.1. The fourth-order valence-electron chi connectivity index (χ4n) is 3.25. The lowest BCUT2D eigenvalue weighted by Gasteiger charge is -2.15. The molecule has 3 N–H and O–H groups in total. The van der Waals surface area contributed by atoms with E-state index < -0.39 is 10.0 Å². The van der Waals surface area contributed by atoms with Gasteiger partial charge in [0.2, 0.25) is 10.0 Å². The molecule has 0 atom stereocenters. The summed E-state index contributed by atoms with van der Waals surface area (Å²) in [6.07, 6.45) is 1.98. The lowest BCUT2D eigenvalue weighted by Crippen LogP contribution is -2.49. The number of nitrogens with zero attached hydrogens (tertiary/aromatic N) is 3. The van der Waals surface area contributed by atoms with Gasteiger partial charge in [0.1, 0.15) is 10.7 Å². The Morgan fingerprint density at radius 3 is 2.55 bits per heavy atom. The van der Waals surface area contributed by atoms with Crippen molar-refractivity contribution in [2.24, 2.45) is 0 Å². The second-order valence-corrected chi connectivity index (χ2v) is 9.96. The van der Waals surface area contributed by atoms with Crippen molar-refractivity contribution >= 4 is 21.6 Å². The zero-order valence-electron chi connectivity index (χ0n) is 17.5. The summed E-state index contributed by atoms with van der Waals surface area (Å²) < 4.78 is 41.6. The van der Waals surface area contributed by atoms with Crippen LogP contribution in [0.3, 0.4) is 0 Å². The summed E-state index contributed by atoms with van der Waals surface area (Å²) in [6, 6.07) is 4.95. The zero-order chi connectivity index (χ0) is 21.9. The normalized spacial score (nSPS) is 13.0. The average Bonchev–Trinajstić information content (AvgIpc) is 2.89. The minimum Gasteiger partial charge on any atom is -0.354 e. The van der Waals surface area contributed by atoms with Gasteiger partial charge in [-0.25, -0.2) is 17.1 Å². The van der Waals surface area contributed by atoms with E-state index in [4.69, 9.17) is 11.6 Å². The lowest BCUT2D eigenvalue weighted by atomic mass is 9.97. The van der Waals surface area contributed by atoms with Gasteiger partial charge >= 0.3 is 0 Å². The summed E-state index contributed by atoms with van der Waals surface area (Å²) in [7, 11) is -0.677. The highest BCUT2D eigenvalue weighted by Gasteiger charge is 2.22. The van der Waals surface area contributed by atoms with Gasteiger partial charge < -0.3 is 5.73 Å². The molecular weight excluding hydrogens is 415 g/mol. The molecule has 1 heterocycles. The van der Waals surface area contributed by atoms with Crippen LogP contribution in [0.15, 0.2) is 35.0 Å². The van der Waals surface area contributed by atoms with Crippen LogP contribution < -0.4 is 5.73 Å². The van der Waals surface area contributed by atoms with Gasteiger partial charge in [-0.2, -0.15) is 5.10 Å². The molecule has 9 heteroatoms. The van der Waals surface area contributed by atoms with Crippen molar-refractivity contribution in [1.82, 2.24) is 14.1 Å². The standard InChI is InChI=1S/C20H28ClFN4O2S/c1-13(2)20-17(14(3)24-26(20)12-16(22)8-9-23)10-15-6-7-19(18(21)11-15)29(27,28)25(4)5/h6-8,11,13H,9-10,12,23H2,1-5H3/p+1. The smallest absolute Gasteiger partial charge is 0.244 e. The number of halogens is 2. The van der Waals surface area contributed by atoms with Crippen LogP contribution in [0.2, 0.25) is 5.02 Å². The van der Waals surface area contributed by atoms with Gasteiger partial charge in [-0.15, -0.1) is 0 Å². The van der Waals surface area contributed by atoms with E-state index in [-0.39, 0.29) is 28.2 Å². The number of aromatic nitrogens is 2. The van der Waals surface area contributed by atoms with E-state index in [1.807, 2.05) is 20.8 Å². The second-order valence-electron chi connectivity index (χ2n) is 7.43. The van der Waals surface area contributed by atoms with Gasteiger partial charge in [0.05, 0.1) is 23.8 Å². The Bertz CT molecular complexity index is 1010. The van der Waals surface area contributed by atoms with Crippen LogP contribution >= 0.6 is 11.6 Å². The third kappa shape index (κ3) is 5.25. The first-order valence-electron chi connectivity index (χ1n) is 9.39. The number of quaternary nitrogens is 1. The molecule has 0 saturated carbocycles. The van der Waals surface area contributed by atoms with Crippen LogP contribution in [0.4, 0.5) is 4.39 Å². The van der Waals surface area contributed by atoms with Crippen molar-refractivity contribution < 1.29 is 18.5 Å². The first kappa shape index (κ1) is 23.5. The monoisotopic (exact) mass is 443 g/mol. The Kier molecular flexibility index (Phi) is 7.62. The summed E-state index contributed by atoms with van der Waals surface area (Å²) >= 11 is 6.29. The molecule has 0 radical (unpaired) electrons. The summed E-state index contributed by atoms with van der Waals surface area (Å²) in [4.78, 5) is 0.0739. The Labute approximate surface area is 177 Å². The third-order valence-electron chi connectivity index (χ3n) is 4.64. The molecule has 6 nitrogen and oxygen atoms in total. The number of benzene rings is 1. The fraction of sp³-hybridized carbons (Fsp3) is 0.450.